The van der Waals surface area contributed by atoms with Crippen molar-refractivity contribution in [1.82, 2.24) is 0 Å². The Labute approximate surface area is 228 Å². The van der Waals surface area contributed by atoms with Gasteiger partial charge in [0.1, 0.15) is 0 Å². The van der Waals surface area contributed by atoms with Gasteiger partial charge < -0.3 is 9.47 Å². The fourth-order valence-corrected chi connectivity index (χ4v) is 4.49. The van der Waals surface area contributed by atoms with Gasteiger partial charge in [-0.1, -0.05) is 44.2 Å². The Hall–Kier alpha value is -3.15. The number of alkyl halides is 6. The third-order valence-electron chi connectivity index (χ3n) is 7.41. The van der Waals surface area contributed by atoms with E-state index in [1.54, 1.807) is 44.2 Å². The van der Waals surface area contributed by atoms with Crippen LogP contribution in [0.2, 0.25) is 0 Å². The second kappa shape index (κ2) is 13.0. The zero-order valence-corrected chi connectivity index (χ0v) is 22.7. The highest BCUT2D eigenvalue weighted by atomic mass is 19.4. The first kappa shape index (κ1) is 33.1. The van der Waals surface area contributed by atoms with Crippen molar-refractivity contribution < 1.29 is 45.5 Å². The molecule has 0 aliphatic carbocycles. The number of carbonyl (C=O) groups excluding carboxylic acids is 1. The molecule has 222 valence electrons. The lowest BCUT2D eigenvalue weighted by atomic mass is 9.74. The highest BCUT2D eigenvalue weighted by molar-refractivity contribution is 5.69. The molecule has 0 saturated carbocycles. The van der Waals surface area contributed by atoms with Gasteiger partial charge in [0.15, 0.2) is 0 Å². The van der Waals surface area contributed by atoms with Gasteiger partial charge >= 0.3 is 18.3 Å². The second-order valence-electron chi connectivity index (χ2n) is 10.1. The number of hydrogen-bond acceptors (Lipinski definition) is 5. The average molecular weight is 578 g/mol. The minimum Gasteiger partial charge on any atom is -0.469 e. The lowest BCUT2D eigenvalue weighted by Crippen LogP contribution is -2.41. The molecule has 0 fully saturated rings. The molecule has 6 nitrogen and oxygen atoms in total. The van der Waals surface area contributed by atoms with Crippen molar-refractivity contribution in [3.8, 4) is 0 Å². The van der Waals surface area contributed by atoms with Gasteiger partial charge in [-0.15, -0.1) is 0 Å². The van der Waals surface area contributed by atoms with E-state index in [1.165, 1.54) is 14.0 Å². The second-order valence-corrected chi connectivity index (χ2v) is 10.1. The minimum absolute atomic E-state index is 0.0401. The Morgan fingerprint density at radius 3 is 1.93 bits per heavy atom. The van der Waals surface area contributed by atoms with Gasteiger partial charge in [-0.05, 0) is 42.7 Å². The monoisotopic (exact) mass is 577 g/mol. The molecule has 40 heavy (non-hydrogen) atoms. The lowest BCUT2D eigenvalue weighted by Gasteiger charge is -2.34. The summed E-state index contributed by atoms with van der Waals surface area (Å²) in [7, 11) is 1.19. The first-order valence-electron chi connectivity index (χ1n) is 12.7. The van der Waals surface area contributed by atoms with E-state index in [9.17, 15) is 41.3 Å². The van der Waals surface area contributed by atoms with Crippen LogP contribution in [0.1, 0.15) is 81.2 Å². The molecule has 0 unspecified atom stereocenters. The molecule has 0 heterocycles. The summed E-state index contributed by atoms with van der Waals surface area (Å²) in [5.74, 6) is -0.582. The average Bonchev–Trinajstić information content (AvgIpc) is 2.90. The molecule has 2 rings (SSSR count). The van der Waals surface area contributed by atoms with E-state index in [2.05, 4.69) is 4.74 Å². The third-order valence-corrected chi connectivity index (χ3v) is 7.41. The van der Waals surface area contributed by atoms with Gasteiger partial charge in [0.25, 0.3) is 0 Å². The number of benzene rings is 2. The number of methoxy groups -OCH3 is 1. The summed E-state index contributed by atoms with van der Waals surface area (Å²) in [6, 6.07) is 10.1. The van der Waals surface area contributed by atoms with Crippen LogP contribution in [0.15, 0.2) is 48.5 Å². The van der Waals surface area contributed by atoms with Gasteiger partial charge in [-0.3, -0.25) is 14.9 Å². The fraction of sp³-hybridized carbons (Fsp3) is 0.536. The van der Waals surface area contributed by atoms with Crippen LogP contribution in [-0.4, -0.2) is 30.1 Å². The van der Waals surface area contributed by atoms with Crippen LogP contribution >= 0.6 is 0 Å². The van der Waals surface area contributed by atoms with Crippen molar-refractivity contribution in [2.24, 2.45) is 0 Å². The molecule has 0 radical (unpaired) electrons. The maximum Gasteiger partial charge on any atom is 0.416 e. The zero-order chi connectivity index (χ0) is 30.4. The molecule has 2 aromatic carbocycles. The molecule has 2 aromatic rings. The summed E-state index contributed by atoms with van der Waals surface area (Å²) >= 11 is 0. The van der Waals surface area contributed by atoms with Gasteiger partial charge in [0.2, 0.25) is 5.54 Å². The highest BCUT2D eigenvalue weighted by Crippen LogP contribution is 2.40. The van der Waals surface area contributed by atoms with Crippen LogP contribution in [0.5, 0.6) is 0 Å². The summed E-state index contributed by atoms with van der Waals surface area (Å²) < 4.78 is 90.6. The maximum absolute atomic E-state index is 13.4. The predicted octanol–water partition coefficient (Wildman–Crippen LogP) is 7.92. The predicted molar refractivity (Wildman–Crippen MR) is 135 cm³/mol. The SMILES string of the molecule is CC[C@@](CCC(=O)OC)(CC[C@@](C)(CO[C@H](C)c1cc(C(F)(F)F)cc(C(F)(F)F)c1)c1ccccc1)[N+](=O)[O-]. The Bertz CT molecular complexity index is 1120. The summed E-state index contributed by atoms with van der Waals surface area (Å²) in [4.78, 5) is 23.4. The van der Waals surface area contributed by atoms with Crippen LogP contribution in [0, 0.1) is 10.1 Å². The smallest absolute Gasteiger partial charge is 0.416 e. The lowest BCUT2D eigenvalue weighted by molar-refractivity contribution is -0.573. The van der Waals surface area contributed by atoms with Crippen LogP contribution in [0.4, 0.5) is 26.3 Å². The third kappa shape index (κ3) is 8.42. The van der Waals surface area contributed by atoms with Crippen molar-refractivity contribution in [2.45, 2.75) is 82.3 Å². The van der Waals surface area contributed by atoms with Gasteiger partial charge in [-0.25, -0.2) is 0 Å². The number of halogens is 6. The Balaban J connectivity index is 2.38. The van der Waals surface area contributed by atoms with Crippen LogP contribution in [-0.2, 0) is 32.0 Å². The van der Waals surface area contributed by atoms with Crippen LogP contribution < -0.4 is 0 Å². The van der Waals surface area contributed by atoms with E-state index < -0.39 is 51.4 Å². The number of carbonyl (C=O) groups is 1. The quantitative estimate of drug-likeness (QED) is 0.105. The van der Waals surface area contributed by atoms with Crippen molar-refractivity contribution in [3.63, 3.8) is 0 Å². The van der Waals surface area contributed by atoms with E-state index in [-0.39, 0.29) is 50.3 Å². The zero-order valence-electron chi connectivity index (χ0n) is 22.7. The Morgan fingerprint density at radius 1 is 0.925 bits per heavy atom. The molecule has 0 amide bonds. The molecule has 0 N–H and O–H groups in total. The van der Waals surface area contributed by atoms with E-state index in [4.69, 9.17) is 4.74 Å². The molecule has 0 saturated heterocycles. The highest BCUT2D eigenvalue weighted by Gasteiger charge is 2.44. The van der Waals surface area contributed by atoms with E-state index in [0.717, 1.165) is 5.56 Å². The number of hydrogen-bond donors (Lipinski definition) is 0. The van der Waals surface area contributed by atoms with Crippen molar-refractivity contribution >= 4 is 5.97 Å². The summed E-state index contributed by atoms with van der Waals surface area (Å²) in [5, 5.41) is 12.1. The Morgan fingerprint density at radius 2 is 1.48 bits per heavy atom. The molecular formula is C28H33F6NO5. The van der Waals surface area contributed by atoms with Crippen LogP contribution in [0.3, 0.4) is 0 Å². The standard InChI is InChI=1S/C28H33F6NO5/c1-5-26(35(37)38,12-11-24(36)39-4)14-13-25(3,21-9-7-6-8-10-21)18-40-19(2)20-15-22(27(29,30)31)17-23(16-20)28(32,33)34/h6-10,15-17,19H,5,11-14,18H2,1-4H3/t19-,25+,26-/m1/s1. The first-order valence-corrected chi connectivity index (χ1v) is 12.7. The molecule has 0 bridgehead atoms. The number of esters is 1. The molecule has 12 heteroatoms. The van der Waals surface area contributed by atoms with E-state index >= 15 is 0 Å². The maximum atomic E-state index is 13.4. The summed E-state index contributed by atoms with van der Waals surface area (Å²) in [6.45, 7) is 4.61. The van der Waals surface area contributed by atoms with Crippen molar-refractivity contribution in [3.05, 3.63) is 80.9 Å². The number of rotatable bonds is 13. The molecule has 0 aromatic heterocycles. The number of ether oxygens (including phenoxy) is 2. The van der Waals surface area contributed by atoms with E-state index in [1.807, 2.05) is 0 Å². The topological polar surface area (TPSA) is 78.7 Å². The van der Waals surface area contributed by atoms with E-state index in [0.29, 0.717) is 12.1 Å². The summed E-state index contributed by atoms with van der Waals surface area (Å²) in [6.07, 6.45) is -11.0. The largest absolute Gasteiger partial charge is 0.469 e. The molecule has 0 aliphatic rings. The molecular weight excluding hydrogens is 544 g/mol. The Kier molecular flexibility index (Phi) is 10.8. The molecule has 0 aliphatic heterocycles. The minimum atomic E-state index is -5.00. The van der Waals surface area contributed by atoms with Gasteiger partial charge in [-0.2, -0.15) is 26.3 Å². The van der Waals surface area contributed by atoms with Crippen molar-refractivity contribution in [2.75, 3.05) is 13.7 Å². The van der Waals surface area contributed by atoms with Crippen molar-refractivity contribution in [1.29, 1.82) is 0 Å². The normalized spacial score (nSPS) is 16.1. The molecule has 0 spiro atoms. The number of nitrogens with zero attached hydrogens (tertiary/aromatic N) is 1. The number of nitro groups is 1. The fourth-order valence-electron chi connectivity index (χ4n) is 4.49. The first-order chi connectivity index (χ1) is 18.5. The molecule has 3 atom stereocenters. The van der Waals surface area contributed by atoms with Crippen LogP contribution in [0.25, 0.3) is 0 Å². The van der Waals surface area contributed by atoms with Gasteiger partial charge in [0.05, 0.1) is 37.4 Å². The van der Waals surface area contributed by atoms with Gasteiger partial charge in [0, 0.05) is 29.6 Å². The summed E-state index contributed by atoms with van der Waals surface area (Å²) in [5.41, 5.74) is -4.80.